The van der Waals surface area contributed by atoms with Crippen molar-refractivity contribution in [2.45, 2.75) is 98.6 Å². The number of nitrogens with one attached hydrogen (secondary N) is 1. The molecule has 0 spiro atoms. The number of aromatic amines is 1. The van der Waals surface area contributed by atoms with E-state index in [1.165, 1.54) is 32.1 Å². The highest BCUT2D eigenvalue weighted by atomic mass is 16.1. The SMILES string of the molecule is CCCCc1cn(C2C(C(C)C)CCCCCC2C(C)C)c(=O)n1Cc1cc(-c2cccc(-c3nn[nH]n3)c2)ccn1. The van der Waals surface area contributed by atoms with Crippen LogP contribution in [-0.4, -0.2) is 34.7 Å². The van der Waals surface area contributed by atoms with Gasteiger partial charge in [-0.15, -0.1) is 10.2 Å². The number of pyridine rings is 1. The van der Waals surface area contributed by atoms with E-state index in [2.05, 4.69) is 84.2 Å². The third kappa shape index (κ3) is 6.58. The van der Waals surface area contributed by atoms with Gasteiger partial charge >= 0.3 is 5.69 Å². The summed E-state index contributed by atoms with van der Waals surface area (Å²) in [6.45, 7) is 12.1. The van der Waals surface area contributed by atoms with Crippen molar-refractivity contribution in [1.82, 2.24) is 34.7 Å². The predicted octanol–water partition coefficient (Wildman–Crippen LogP) is 7.33. The summed E-state index contributed by atoms with van der Waals surface area (Å²) in [6.07, 6.45) is 13.3. The van der Waals surface area contributed by atoms with E-state index in [0.29, 0.717) is 36.0 Å². The van der Waals surface area contributed by atoms with Crippen LogP contribution in [0.1, 0.15) is 97.0 Å². The van der Waals surface area contributed by atoms with Crippen LogP contribution < -0.4 is 5.69 Å². The van der Waals surface area contributed by atoms with Gasteiger partial charge in [-0.2, -0.15) is 5.21 Å². The molecule has 0 bridgehead atoms. The van der Waals surface area contributed by atoms with Crippen LogP contribution in [0.4, 0.5) is 0 Å². The number of nitrogens with zero attached hydrogens (tertiary/aromatic N) is 6. The summed E-state index contributed by atoms with van der Waals surface area (Å²) in [5.74, 6) is 2.63. The molecule has 5 rings (SSSR count). The number of benzene rings is 1. The highest BCUT2D eigenvalue weighted by Gasteiger charge is 2.37. The fourth-order valence-corrected chi connectivity index (χ4v) is 6.98. The van der Waals surface area contributed by atoms with E-state index in [9.17, 15) is 4.79 Å². The van der Waals surface area contributed by atoms with Gasteiger partial charge in [0.1, 0.15) is 0 Å². The zero-order chi connectivity index (χ0) is 29.6. The van der Waals surface area contributed by atoms with Crippen molar-refractivity contribution in [3.63, 3.8) is 0 Å². The second kappa shape index (κ2) is 13.6. The lowest BCUT2D eigenvalue weighted by Gasteiger charge is -2.40. The summed E-state index contributed by atoms with van der Waals surface area (Å²) in [5, 5.41) is 14.5. The molecule has 1 saturated carbocycles. The normalized spacial score (nSPS) is 19.7. The van der Waals surface area contributed by atoms with E-state index in [4.69, 9.17) is 4.98 Å². The first-order valence-corrected chi connectivity index (χ1v) is 16.0. The Kier molecular flexibility index (Phi) is 9.70. The van der Waals surface area contributed by atoms with Gasteiger partial charge in [0.2, 0.25) is 5.82 Å². The molecule has 0 aliphatic heterocycles. The Hall–Kier alpha value is -3.55. The Labute approximate surface area is 250 Å². The van der Waals surface area contributed by atoms with Crippen molar-refractivity contribution in [2.24, 2.45) is 23.7 Å². The number of hydrogen-bond donors (Lipinski definition) is 1. The van der Waals surface area contributed by atoms with Crippen molar-refractivity contribution in [2.75, 3.05) is 0 Å². The second-order valence-electron chi connectivity index (χ2n) is 12.8. The van der Waals surface area contributed by atoms with E-state index in [1.807, 2.05) is 29.0 Å². The van der Waals surface area contributed by atoms with Gasteiger partial charge in [0, 0.05) is 29.7 Å². The van der Waals surface area contributed by atoms with E-state index in [0.717, 1.165) is 47.3 Å². The topological polar surface area (TPSA) is 94.3 Å². The molecule has 1 fully saturated rings. The first kappa shape index (κ1) is 29.9. The maximum absolute atomic E-state index is 14.4. The average molecular weight is 570 g/mol. The molecule has 0 radical (unpaired) electrons. The second-order valence-corrected chi connectivity index (χ2v) is 12.8. The fourth-order valence-electron chi connectivity index (χ4n) is 6.98. The van der Waals surface area contributed by atoms with Gasteiger partial charge in [-0.05, 0) is 83.9 Å². The zero-order valence-electron chi connectivity index (χ0n) is 26.0. The van der Waals surface area contributed by atoms with Crippen molar-refractivity contribution in [3.8, 4) is 22.5 Å². The molecule has 8 heteroatoms. The maximum atomic E-state index is 14.4. The van der Waals surface area contributed by atoms with Crippen molar-refractivity contribution >= 4 is 0 Å². The summed E-state index contributed by atoms with van der Waals surface area (Å²) in [5.41, 5.74) is 5.12. The average Bonchev–Trinajstić information content (AvgIpc) is 3.61. The minimum absolute atomic E-state index is 0.120. The first-order chi connectivity index (χ1) is 20.4. The molecule has 3 heterocycles. The lowest BCUT2D eigenvalue weighted by molar-refractivity contribution is 0.111. The molecule has 4 aromatic rings. The van der Waals surface area contributed by atoms with Gasteiger partial charge in [-0.3, -0.25) is 14.1 Å². The molecule has 1 aliphatic rings. The molecular weight excluding hydrogens is 522 g/mol. The molecule has 1 aromatic carbocycles. The Balaban J connectivity index is 1.52. The number of unbranched alkanes of at least 4 members (excludes halogenated alkanes) is 1. The van der Waals surface area contributed by atoms with E-state index < -0.39 is 0 Å². The molecular formula is C34H47N7O. The minimum atomic E-state index is 0.120. The molecule has 2 atom stereocenters. The molecule has 224 valence electrons. The number of imidazole rings is 1. The summed E-state index contributed by atoms with van der Waals surface area (Å²) in [6, 6.07) is 12.5. The predicted molar refractivity (Wildman–Crippen MR) is 168 cm³/mol. The Morgan fingerprint density at radius 2 is 1.67 bits per heavy atom. The van der Waals surface area contributed by atoms with Crippen LogP contribution in [0.25, 0.3) is 22.5 Å². The van der Waals surface area contributed by atoms with Crippen LogP contribution in [0.5, 0.6) is 0 Å². The summed E-state index contributed by atoms with van der Waals surface area (Å²) in [4.78, 5) is 19.1. The number of hydrogen-bond acceptors (Lipinski definition) is 5. The fraction of sp³-hybridized carbons (Fsp3) is 0.559. The highest BCUT2D eigenvalue weighted by molar-refractivity contribution is 5.70. The number of H-pyrrole nitrogens is 1. The van der Waals surface area contributed by atoms with Crippen LogP contribution in [0.15, 0.2) is 53.6 Å². The van der Waals surface area contributed by atoms with Gasteiger partial charge in [-0.25, -0.2) is 4.79 Å². The summed E-state index contributed by atoms with van der Waals surface area (Å²) >= 11 is 0. The lowest BCUT2D eigenvalue weighted by Crippen LogP contribution is -2.39. The number of rotatable bonds is 10. The standard InChI is InChI=1S/C34H47N7O/c1-6-7-14-29-22-41(32-30(23(2)3)15-9-8-10-16-31(32)24(4)5)34(42)40(29)21-28-20-26(17-18-35-28)25-12-11-13-27(19-25)33-36-38-39-37-33/h11-13,17-20,22-24,30-32H,6-10,14-16,21H2,1-5H3,(H,36,37,38,39). The third-order valence-corrected chi connectivity index (χ3v) is 9.30. The first-order valence-electron chi connectivity index (χ1n) is 16.0. The van der Waals surface area contributed by atoms with Crippen LogP contribution >= 0.6 is 0 Å². The monoisotopic (exact) mass is 569 g/mol. The third-order valence-electron chi connectivity index (χ3n) is 9.30. The van der Waals surface area contributed by atoms with Crippen LogP contribution in [0.2, 0.25) is 0 Å². The van der Waals surface area contributed by atoms with Crippen LogP contribution in [0, 0.1) is 23.7 Å². The maximum Gasteiger partial charge on any atom is 0.328 e. The highest BCUT2D eigenvalue weighted by Crippen LogP contribution is 2.42. The lowest BCUT2D eigenvalue weighted by atomic mass is 9.71. The Bertz CT molecular complexity index is 1470. The summed E-state index contributed by atoms with van der Waals surface area (Å²) in [7, 11) is 0. The zero-order valence-corrected chi connectivity index (χ0v) is 26.0. The van der Waals surface area contributed by atoms with E-state index >= 15 is 0 Å². The van der Waals surface area contributed by atoms with Crippen molar-refractivity contribution in [3.05, 3.63) is 70.7 Å². The smallest absolute Gasteiger partial charge is 0.295 e. The van der Waals surface area contributed by atoms with Gasteiger partial charge in [0.15, 0.2) is 0 Å². The molecule has 3 aromatic heterocycles. The molecule has 8 nitrogen and oxygen atoms in total. The molecule has 0 saturated heterocycles. The number of aryl methyl sites for hydroxylation is 1. The molecule has 1 N–H and O–H groups in total. The van der Waals surface area contributed by atoms with Crippen LogP contribution in [-0.2, 0) is 13.0 Å². The minimum Gasteiger partial charge on any atom is -0.295 e. The van der Waals surface area contributed by atoms with Gasteiger partial charge in [0.05, 0.1) is 12.2 Å². The molecule has 42 heavy (non-hydrogen) atoms. The molecule has 1 aliphatic carbocycles. The van der Waals surface area contributed by atoms with E-state index in [-0.39, 0.29) is 11.7 Å². The van der Waals surface area contributed by atoms with Crippen molar-refractivity contribution in [1.29, 1.82) is 0 Å². The van der Waals surface area contributed by atoms with Gasteiger partial charge < -0.3 is 0 Å². The Morgan fingerprint density at radius 1 is 0.952 bits per heavy atom. The van der Waals surface area contributed by atoms with E-state index in [1.54, 1.807) is 0 Å². The summed E-state index contributed by atoms with van der Waals surface area (Å²) < 4.78 is 4.16. The number of aromatic nitrogens is 7. The number of tetrazole rings is 1. The van der Waals surface area contributed by atoms with Gasteiger partial charge in [0.25, 0.3) is 0 Å². The van der Waals surface area contributed by atoms with Gasteiger partial charge in [-0.1, -0.05) is 78.5 Å². The molecule has 0 amide bonds. The quantitative estimate of drug-likeness (QED) is 0.216. The Morgan fingerprint density at radius 3 is 2.33 bits per heavy atom. The largest absolute Gasteiger partial charge is 0.328 e. The van der Waals surface area contributed by atoms with Crippen molar-refractivity contribution < 1.29 is 0 Å². The molecule has 2 unspecified atom stereocenters. The van der Waals surface area contributed by atoms with Crippen LogP contribution in [0.3, 0.4) is 0 Å².